The first-order valence-corrected chi connectivity index (χ1v) is 13.2. The lowest BCUT2D eigenvalue weighted by Crippen LogP contribution is -2.40. The van der Waals surface area contributed by atoms with Crippen LogP contribution in [0.5, 0.6) is 0 Å². The van der Waals surface area contributed by atoms with Gasteiger partial charge in [-0.15, -0.1) is 0 Å². The molecular weight excluding hydrogens is 472 g/mol. The van der Waals surface area contributed by atoms with Crippen molar-refractivity contribution in [3.8, 4) is 17.2 Å². The van der Waals surface area contributed by atoms with Crippen LogP contribution in [0.25, 0.3) is 22.0 Å². The van der Waals surface area contributed by atoms with E-state index < -0.39 is 5.60 Å². The Morgan fingerprint density at radius 2 is 1.79 bits per heavy atom. The molecule has 1 saturated carbocycles. The summed E-state index contributed by atoms with van der Waals surface area (Å²) in [6.45, 7) is 4.56. The van der Waals surface area contributed by atoms with Crippen LogP contribution in [0.15, 0.2) is 67.0 Å². The Labute approximate surface area is 222 Å². The zero-order chi connectivity index (χ0) is 26.4. The van der Waals surface area contributed by atoms with Crippen molar-refractivity contribution in [3.05, 3.63) is 89.4 Å². The van der Waals surface area contributed by atoms with Crippen molar-refractivity contribution < 1.29 is 9.90 Å². The molecule has 0 bridgehead atoms. The van der Waals surface area contributed by atoms with Crippen molar-refractivity contribution >= 4 is 22.4 Å². The number of ketones is 1. The highest BCUT2D eigenvalue weighted by Crippen LogP contribution is 2.48. The van der Waals surface area contributed by atoms with E-state index in [1.54, 1.807) is 20.0 Å². The number of rotatable bonds is 5. The third-order valence-electron chi connectivity index (χ3n) is 7.84. The van der Waals surface area contributed by atoms with Gasteiger partial charge in [0.2, 0.25) is 0 Å². The largest absolute Gasteiger partial charge is 0.386 e. The Morgan fingerprint density at radius 1 is 1.00 bits per heavy atom. The molecule has 1 saturated heterocycles. The highest BCUT2D eigenvalue weighted by atomic mass is 16.3. The van der Waals surface area contributed by atoms with Gasteiger partial charge in [-0.25, -0.2) is 0 Å². The number of benzene rings is 2. The molecule has 2 aliphatic rings. The van der Waals surface area contributed by atoms with Crippen LogP contribution in [0, 0.1) is 11.3 Å². The minimum atomic E-state index is -0.957. The van der Waals surface area contributed by atoms with Gasteiger partial charge in [0.1, 0.15) is 0 Å². The second-order valence-corrected chi connectivity index (χ2v) is 11.0. The summed E-state index contributed by atoms with van der Waals surface area (Å²) in [4.78, 5) is 25.0. The second-order valence-electron chi connectivity index (χ2n) is 11.0. The summed E-state index contributed by atoms with van der Waals surface area (Å²) in [5.74, 6) is 0.409. The van der Waals surface area contributed by atoms with Crippen molar-refractivity contribution in [1.82, 2.24) is 9.97 Å². The van der Waals surface area contributed by atoms with E-state index in [4.69, 9.17) is 10.2 Å². The number of hydrogen-bond acceptors (Lipinski definition) is 6. The Bertz CT molecular complexity index is 1560. The standard InChI is InChI=1S/C32H30N4O2/c1-32(2,38)23-12-13-27(34-17-23)25-14-15-36(19-29(25)37)28-18-35-31-24(21-8-6-20(16-33)7-9-21)4-3-5-26(31)30(28)22-10-11-22/h3-9,12-13,17-18,22,25,38H,10-11,14-15,19H2,1-2H3. The second kappa shape index (κ2) is 9.34. The molecule has 1 aliphatic carbocycles. The van der Waals surface area contributed by atoms with Crippen LogP contribution in [0.1, 0.15) is 67.3 Å². The first-order chi connectivity index (χ1) is 18.3. The summed E-state index contributed by atoms with van der Waals surface area (Å²) in [5, 5.41) is 20.5. The third kappa shape index (κ3) is 4.44. The van der Waals surface area contributed by atoms with Gasteiger partial charge in [0, 0.05) is 29.3 Å². The van der Waals surface area contributed by atoms with Gasteiger partial charge < -0.3 is 10.0 Å². The van der Waals surface area contributed by atoms with Gasteiger partial charge in [-0.05, 0) is 68.4 Å². The molecule has 1 atom stereocenters. The van der Waals surface area contributed by atoms with Crippen molar-refractivity contribution in [3.63, 3.8) is 0 Å². The first-order valence-electron chi connectivity index (χ1n) is 13.2. The minimum absolute atomic E-state index is 0.160. The number of fused-ring (bicyclic) bond motifs is 1. The van der Waals surface area contributed by atoms with Gasteiger partial charge in [-0.2, -0.15) is 5.26 Å². The number of nitriles is 1. The lowest BCUT2D eigenvalue weighted by Gasteiger charge is -2.34. The lowest BCUT2D eigenvalue weighted by atomic mass is 9.89. The fourth-order valence-electron chi connectivity index (χ4n) is 5.56. The molecule has 3 heterocycles. The summed E-state index contributed by atoms with van der Waals surface area (Å²) in [6, 6.07) is 19.9. The molecule has 6 nitrogen and oxygen atoms in total. The molecule has 1 N–H and O–H groups in total. The number of para-hydroxylation sites is 1. The normalized spacial score (nSPS) is 18.0. The smallest absolute Gasteiger partial charge is 0.161 e. The van der Waals surface area contributed by atoms with E-state index in [9.17, 15) is 9.90 Å². The maximum Gasteiger partial charge on any atom is 0.161 e. The molecule has 2 aromatic carbocycles. The van der Waals surface area contributed by atoms with Gasteiger partial charge in [0.25, 0.3) is 0 Å². The lowest BCUT2D eigenvalue weighted by molar-refractivity contribution is -0.120. The molecule has 38 heavy (non-hydrogen) atoms. The number of carbonyl (C=O) groups excluding carboxylic acids is 1. The van der Waals surface area contributed by atoms with E-state index in [0.717, 1.165) is 58.4 Å². The molecular formula is C32H30N4O2. The van der Waals surface area contributed by atoms with Crippen molar-refractivity contribution in [1.29, 1.82) is 5.26 Å². The average molecular weight is 503 g/mol. The van der Waals surface area contributed by atoms with Crippen LogP contribution in [0.4, 0.5) is 5.69 Å². The van der Waals surface area contributed by atoms with E-state index in [1.165, 1.54) is 5.56 Å². The van der Waals surface area contributed by atoms with Gasteiger partial charge in [-0.3, -0.25) is 14.8 Å². The Kier molecular flexibility index (Phi) is 5.97. The number of nitrogens with zero attached hydrogens (tertiary/aromatic N) is 4. The van der Waals surface area contributed by atoms with Crippen molar-refractivity contribution in [2.75, 3.05) is 18.0 Å². The van der Waals surface area contributed by atoms with Gasteiger partial charge >= 0.3 is 0 Å². The van der Waals surface area contributed by atoms with Crippen LogP contribution in [0.2, 0.25) is 0 Å². The number of Topliss-reactive ketones (excluding diaryl/α,β-unsaturated/α-hetero) is 1. The Hall–Kier alpha value is -4.08. The summed E-state index contributed by atoms with van der Waals surface area (Å²) in [5.41, 5.74) is 6.60. The number of aliphatic hydroxyl groups is 1. The maximum atomic E-state index is 13.3. The minimum Gasteiger partial charge on any atom is -0.386 e. The predicted molar refractivity (Wildman–Crippen MR) is 148 cm³/mol. The van der Waals surface area contributed by atoms with E-state index >= 15 is 0 Å². The first kappa shape index (κ1) is 24.3. The van der Waals surface area contributed by atoms with Crippen LogP contribution in [-0.4, -0.2) is 33.9 Å². The van der Waals surface area contributed by atoms with E-state index in [0.29, 0.717) is 24.4 Å². The van der Waals surface area contributed by atoms with Crippen molar-refractivity contribution in [2.45, 2.75) is 50.5 Å². The van der Waals surface area contributed by atoms with Crippen molar-refractivity contribution in [2.24, 2.45) is 0 Å². The molecule has 2 fully saturated rings. The van der Waals surface area contributed by atoms with Crippen LogP contribution < -0.4 is 4.90 Å². The maximum absolute atomic E-state index is 13.3. The fraction of sp³-hybridized carbons (Fsp3) is 0.312. The molecule has 4 aromatic rings. The molecule has 0 spiro atoms. The molecule has 0 amide bonds. The number of carbonyl (C=O) groups is 1. The van der Waals surface area contributed by atoms with Crippen LogP contribution in [-0.2, 0) is 10.4 Å². The van der Waals surface area contributed by atoms with Crippen LogP contribution in [0.3, 0.4) is 0 Å². The molecule has 2 aromatic heterocycles. The number of hydrogen-bond donors (Lipinski definition) is 1. The summed E-state index contributed by atoms with van der Waals surface area (Å²) in [6.07, 6.45) is 6.62. The monoisotopic (exact) mass is 502 g/mol. The molecule has 0 radical (unpaired) electrons. The molecule has 6 rings (SSSR count). The zero-order valence-corrected chi connectivity index (χ0v) is 21.7. The summed E-state index contributed by atoms with van der Waals surface area (Å²) >= 11 is 0. The topological polar surface area (TPSA) is 90.1 Å². The van der Waals surface area contributed by atoms with Gasteiger partial charge in [0.05, 0.1) is 52.8 Å². The zero-order valence-electron chi connectivity index (χ0n) is 21.7. The van der Waals surface area contributed by atoms with Gasteiger partial charge in [0.15, 0.2) is 5.78 Å². The number of piperidine rings is 1. The van der Waals surface area contributed by atoms with E-state index in [2.05, 4.69) is 34.2 Å². The Morgan fingerprint density at radius 3 is 2.42 bits per heavy atom. The fourth-order valence-corrected chi connectivity index (χ4v) is 5.56. The number of anilines is 1. The summed E-state index contributed by atoms with van der Waals surface area (Å²) in [7, 11) is 0. The molecule has 1 unspecified atom stereocenters. The summed E-state index contributed by atoms with van der Waals surface area (Å²) < 4.78 is 0. The van der Waals surface area contributed by atoms with E-state index in [-0.39, 0.29) is 11.7 Å². The third-order valence-corrected chi connectivity index (χ3v) is 7.84. The van der Waals surface area contributed by atoms with E-state index in [1.807, 2.05) is 42.6 Å². The highest BCUT2D eigenvalue weighted by molar-refractivity contribution is 5.99. The predicted octanol–water partition coefficient (Wildman–Crippen LogP) is 5.84. The number of pyridine rings is 2. The molecule has 6 heteroatoms. The molecule has 190 valence electrons. The Balaban J connectivity index is 1.31. The highest BCUT2D eigenvalue weighted by Gasteiger charge is 2.35. The SMILES string of the molecule is CC(C)(O)c1ccc(C2CCN(c3cnc4c(-c5ccc(C#N)cc5)cccc4c3C3CC3)CC2=O)nc1. The quantitative estimate of drug-likeness (QED) is 0.369. The average Bonchev–Trinajstić information content (AvgIpc) is 3.77. The molecule has 1 aliphatic heterocycles. The van der Waals surface area contributed by atoms with Gasteiger partial charge in [-0.1, -0.05) is 36.4 Å². The van der Waals surface area contributed by atoms with Crippen LogP contribution >= 0.6 is 0 Å². The number of aromatic nitrogens is 2.